The first-order valence-corrected chi connectivity index (χ1v) is 9.01. The van der Waals surface area contributed by atoms with Gasteiger partial charge in [-0.25, -0.2) is 0 Å². The van der Waals surface area contributed by atoms with Crippen LogP contribution in [0.2, 0.25) is 0 Å². The van der Waals surface area contributed by atoms with Gasteiger partial charge in [-0.05, 0) is 38.0 Å². The van der Waals surface area contributed by atoms with Crippen LogP contribution in [-0.2, 0) is 0 Å². The predicted octanol–water partition coefficient (Wildman–Crippen LogP) is 4.05. The van der Waals surface area contributed by atoms with E-state index in [2.05, 4.69) is 44.8 Å². The van der Waals surface area contributed by atoms with Crippen LogP contribution in [0.5, 0.6) is 0 Å². The fraction of sp³-hybridized carbons (Fsp3) is 1.00. The van der Waals surface area contributed by atoms with E-state index in [1.54, 1.807) is 0 Å². The molecule has 2 fully saturated rings. The smallest absolute Gasteiger partial charge is 0.0278 e. The number of nitrogens with zero attached hydrogens (tertiary/aromatic N) is 1. The Bertz CT molecular complexity index is 302. The van der Waals surface area contributed by atoms with E-state index in [0.717, 1.165) is 23.9 Å². The van der Waals surface area contributed by atoms with Gasteiger partial charge in [0.15, 0.2) is 0 Å². The van der Waals surface area contributed by atoms with Crippen molar-refractivity contribution in [1.29, 1.82) is 0 Å². The maximum atomic E-state index is 3.84. The highest BCUT2D eigenvalue weighted by Gasteiger charge is 2.41. The summed E-state index contributed by atoms with van der Waals surface area (Å²) in [6, 6.07) is 1.57. The predicted molar refractivity (Wildman–Crippen MR) is 88.1 cm³/mol. The minimum absolute atomic E-state index is 0.321. The summed E-state index contributed by atoms with van der Waals surface area (Å²) < 4.78 is 0. The first-order chi connectivity index (χ1) is 9.50. The zero-order chi connectivity index (χ0) is 14.8. The van der Waals surface area contributed by atoms with Crippen LogP contribution in [0.4, 0.5) is 0 Å². The molecule has 2 rings (SSSR count). The molecule has 1 saturated carbocycles. The monoisotopic (exact) mass is 280 g/mol. The van der Waals surface area contributed by atoms with Crippen molar-refractivity contribution in [3.63, 3.8) is 0 Å². The summed E-state index contributed by atoms with van der Waals surface area (Å²) in [7, 11) is 0. The number of nitrogens with one attached hydrogen (secondary N) is 1. The highest BCUT2D eigenvalue weighted by molar-refractivity contribution is 4.99. The highest BCUT2D eigenvalue weighted by Crippen LogP contribution is 2.35. The molecule has 118 valence electrons. The molecule has 0 spiro atoms. The average Bonchev–Trinajstić information content (AvgIpc) is 2.46. The molecule has 4 atom stereocenters. The molecule has 0 radical (unpaired) electrons. The Morgan fingerprint density at radius 1 is 1.20 bits per heavy atom. The van der Waals surface area contributed by atoms with E-state index in [-0.39, 0.29) is 0 Å². The molecule has 2 aliphatic rings. The number of rotatable bonds is 4. The third-order valence-corrected chi connectivity index (χ3v) is 6.06. The van der Waals surface area contributed by atoms with Crippen molar-refractivity contribution >= 4 is 0 Å². The lowest BCUT2D eigenvalue weighted by molar-refractivity contribution is -0.0114. The summed E-state index contributed by atoms with van der Waals surface area (Å²) in [6.07, 6.45) is 8.39. The molecule has 1 saturated heterocycles. The molecule has 1 heterocycles. The van der Waals surface area contributed by atoms with E-state index in [4.69, 9.17) is 0 Å². The molecule has 4 unspecified atom stereocenters. The molecular weight excluding hydrogens is 244 g/mol. The largest absolute Gasteiger partial charge is 0.309 e. The first kappa shape index (κ1) is 16.3. The molecule has 0 bridgehead atoms. The summed E-state index contributed by atoms with van der Waals surface area (Å²) in [4.78, 5) is 2.91. The fourth-order valence-corrected chi connectivity index (χ4v) is 4.36. The Balaban J connectivity index is 2.17. The van der Waals surface area contributed by atoms with Gasteiger partial charge in [-0.2, -0.15) is 0 Å². The number of piperazine rings is 1. The second-order valence-electron chi connectivity index (χ2n) is 7.80. The van der Waals surface area contributed by atoms with Crippen LogP contribution in [0.3, 0.4) is 0 Å². The summed E-state index contributed by atoms with van der Waals surface area (Å²) in [5.41, 5.74) is 0.321. The third-order valence-electron chi connectivity index (χ3n) is 6.06. The Kier molecular flexibility index (Phi) is 5.53. The lowest BCUT2D eigenvalue weighted by Gasteiger charge is -2.53. The average molecular weight is 280 g/mol. The van der Waals surface area contributed by atoms with E-state index in [1.165, 1.54) is 51.6 Å². The Labute approximate surface area is 126 Å². The molecule has 0 aromatic rings. The Hall–Kier alpha value is -0.0800. The third kappa shape index (κ3) is 3.39. The van der Waals surface area contributed by atoms with Crippen LogP contribution < -0.4 is 5.32 Å². The summed E-state index contributed by atoms with van der Waals surface area (Å²) in [5.74, 6) is 1.69. The van der Waals surface area contributed by atoms with Gasteiger partial charge >= 0.3 is 0 Å². The van der Waals surface area contributed by atoms with Crippen molar-refractivity contribution in [2.24, 2.45) is 11.8 Å². The normalized spacial score (nSPS) is 40.2. The van der Waals surface area contributed by atoms with Crippen molar-refractivity contribution in [3.8, 4) is 0 Å². The van der Waals surface area contributed by atoms with Crippen LogP contribution in [0.25, 0.3) is 0 Å². The fourth-order valence-electron chi connectivity index (χ4n) is 4.36. The number of hydrogen-bond donors (Lipinski definition) is 1. The molecule has 2 heteroatoms. The van der Waals surface area contributed by atoms with Gasteiger partial charge in [-0.1, -0.05) is 47.0 Å². The molecule has 1 aliphatic carbocycles. The second-order valence-corrected chi connectivity index (χ2v) is 7.80. The van der Waals surface area contributed by atoms with E-state index >= 15 is 0 Å². The topological polar surface area (TPSA) is 15.3 Å². The summed E-state index contributed by atoms with van der Waals surface area (Å²) in [5, 5.41) is 3.84. The highest BCUT2D eigenvalue weighted by atomic mass is 15.3. The van der Waals surface area contributed by atoms with E-state index in [1.807, 2.05) is 0 Å². The van der Waals surface area contributed by atoms with Gasteiger partial charge < -0.3 is 5.32 Å². The van der Waals surface area contributed by atoms with Gasteiger partial charge in [0, 0.05) is 30.7 Å². The maximum absolute atomic E-state index is 3.84. The molecular formula is C18H36N2. The summed E-state index contributed by atoms with van der Waals surface area (Å²) in [6.45, 7) is 14.4. The van der Waals surface area contributed by atoms with E-state index < -0.39 is 0 Å². The van der Waals surface area contributed by atoms with Crippen LogP contribution in [-0.4, -0.2) is 35.6 Å². The van der Waals surface area contributed by atoms with Crippen molar-refractivity contribution in [2.75, 3.05) is 13.1 Å². The van der Waals surface area contributed by atoms with Crippen LogP contribution in [0.15, 0.2) is 0 Å². The summed E-state index contributed by atoms with van der Waals surface area (Å²) >= 11 is 0. The van der Waals surface area contributed by atoms with Gasteiger partial charge in [0.2, 0.25) is 0 Å². The molecule has 1 N–H and O–H groups in total. The van der Waals surface area contributed by atoms with Crippen LogP contribution in [0.1, 0.15) is 73.1 Å². The van der Waals surface area contributed by atoms with Crippen molar-refractivity contribution in [1.82, 2.24) is 10.2 Å². The molecule has 1 aliphatic heterocycles. The molecule has 2 nitrogen and oxygen atoms in total. The van der Waals surface area contributed by atoms with Gasteiger partial charge in [-0.15, -0.1) is 0 Å². The molecule has 0 amide bonds. The van der Waals surface area contributed by atoms with Crippen molar-refractivity contribution < 1.29 is 0 Å². The lowest BCUT2D eigenvalue weighted by Crippen LogP contribution is -2.67. The Morgan fingerprint density at radius 3 is 2.50 bits per heavy atom. The van der Waals surface area contributed by atoms with Gasteiger partial charge in [-0.3, -0.25) is 4.90 Å². The van der Waals surface area contributed by atoms with E-state index in [9.17, 15) is 0 Å². The zero-order valence-electron chi connectivity index (χ0n) is 14.4. The van der Waals surface area contributed by atoms with Crippen molar-refractivity contribution in [2.45, 2.75) is 90.8 Å². The minimum atomic E-state index is 0.321. The van der Waals surface area contributed by atoms with Crippen LogP contribution >= 0.6 is 0 Å². The molecule has 0 aromatic carbocycles. The second kappa shape index (κ2) is 6.79. The lowest BCUT2D eigenvalue weighted by atomic mass is 9.78. The Morgan fingerprint density at radius 2 is 1.90 bits per heavy atom. The van der Waals surface area contributed by atoms with Gasteiger partial charge in [0.25, 0.3) is 0 Å². The van der Waals surface area contributed by atoms with Gasteiger partial charge in [0.1, 0.15) is 0 Å². The first-order valence-electron chi connectivity index (χ1n) is 9.01. The van der Waals surface area contributed by atoms with Gasteiger partial charge in [0.05, 0.1) is 0 Å². The SMILES string of the molecule is CCC1CCCCC1N1CC(C)(CC)NCC1C(C)C. The minimum Gasteiger partial charge on any atom is -0.309 e. The maximum Gasteiger partial charge on any atom is 0.0278 e. The zero-order valence-corrected chi connectivity index (χ0v) is 14.4. The van der Waals surface area contributed by atoms with Crippen molar-refractivity contribution in [3.05, 3.63) is 0 Å². The standard InChI is InChI=1S/C18H36N2/c1-6-15-10-8-9-11-16(15)20-13-18(5,7-2)19-12-17(20)14(3)4/h14-17,19H,6-13H2,1-5H3. The van der Waals surface area contributed by atoms with E-state index in [0.29, 0.717) is 5.54 Å². The quantitative estimate of drug-likeness (QED) is 0.835. The van der Waals surface area contributed by atoms with Crippen LogP contribution in [0, 0.1) is 11.8 Å². The molecule has 0 aromatic heterocycles. The molecule has 20 heavy (non-hydrogen) atoms. The number of hydrogen-bond acceptors (Lipinski definition) is 2.